The van der Waals surface area contributed by atoms with Crippen molar-refractivity contribution in [3.05, 3.63) is 64.5 Å². The van der Waals surface area contributed by atoms with Gasteiger partial charge < -0.3 is 14.9 Å². The highest BCUT2D eigenvalue weighted by Gasteiger charge is 2.09. The molecule has 0 atom stereocenters. The van der Waals surface area contributed by atoms with Crippen LogP contribution in [0.5, 0.6) is 5.75 Å². The lowest BCUT2D eigenvalue weighted by Crippen LogP contribution is -2.11. The summed E-state index contributed by atoms with van der Waals surface area (Å²) >= 11 is 8.45. The highest BCUT2D eigenvalue weighted by atomic mass is 79.9. The van der Waals surface area contributed by atoms with Gasteiger partial charge in [-0.1, -0.05) is 34.2 Å². The molecule has 0 unspecified atom stereocenters. The summed E-state index contributed by atoms with van der Waals surface area (Å²) in [5.74, 6) is 0.655. The Morgan fingerprint density at radius 3 is 2.95 bits per heavy atom. The van der Waals surface area contributed by atoms with Crippen LogP contribution in [-0.2, 0) is 6.61 Å². The minimum atomic E-state index is 0.307. The molecule has 6 heteroatoms. The molecule has 0 radical (unpaired) electrons. The van der Waals surface area contributed by atoms with E-state index in [1.54, 1.807) is 0 Å². The Hall–Kier alpha value is -1.92. The number of nitrogens with zero attached hydrogens (tertiary/aromatic N) is 2. The number of hydrogen-bond donors (Lipinski definition) is 1. The summed E-state index contributed by atoms with van der Waals surface area (Å²) in [5.41, 5.74) is 8.17. The van der Waals surface area contributed by atoms with E-state index in [1.165, 1.54) is 0 Å². The molecule has 4 nitrogen and oxygen atoms in total. The van der Waals surface area contributed by atoms with Crippen molar-refractivity contribution in [2.75, 3.05) is 0 Å². The molecule has 0 aliphatic carbocycles. The van der Waals surface area contributed by atoms with E-state index in [9.17, 15) is 0 Å². The molecule has 0 aliphatic rings. The number of hydrogen-bond acceptors (Lipinski definition) is 3. The maximum absolute atomic E-state index is 5.80. The van der Waals surface area contributed by atoms with Crippen molar-refractivity contribution in [2.45, 2.75) is 6.61 Å². The smallest absolute Gasteiger partial charge is 0.137 e. The number of pyridine rings is 1. The van der Waals surface area contributed by atoms with Gasteiger partial charge in [0.25, 0.3) is 0 Å². The van der Waals surface area contributed by atoms with Crippen molar-refractivity contribution in [3.63, 3.8) is 0 Å². The molecule has 0 aliphatic heterocycles. The van der Waals surface area contributed by atoms with Crippen LogP contribution in [0, 0.1) is 0 Å². The molecular weight excluding hydrogens is 350 g/mol. The summed E-state index contributed by atoms with van der Waals surface area (Å²) in [6, 6.07) is 11.4. The first-order valence-corrected chi connectivity index (χ1v) is 7.48. The lowest BCUT2D eigenvalue weighted by Gasteiger charge is -2.09. The summed E-state index contributed by atoms with van der Waals surface area (Å²) in [5, 5.41) is 0. The van der Waals surface area contributed by atoms with Gasteiger partial charge in [0.15, 0.2) is 0 Å². The van der Waals surface area contributed by atoms with Gasteiger partial charge in [0.2, 0.25) is 0 Å². The number of fused-ring (bicyclic) bond motifs is 1. The molecule has 2 heterocycles. The van der Waals surface area contributed by atoms with Crippen LogP contribution in [0.3, 0.4) is 0 Å². The van der Waals surface area contributed by atoms with Crippen molar-refractivity contribution >= 4 is 38.8 Å². The molecule has 0 fully saturated rings. The molecule has 1 aromatic carbocycles. The Labute approximate surface area is 135 Å². The van der Waals surface area contributed by atoms with E-state index in [-0.39, 0.29) is 0 Å². The molecule has 21 heavy (non-hydrogen) atoms. The quantitative estimate of drug-likeness (QED) is 0.724. The predicted molar refractivity (Wildman–Crippen MR) is 89.6 cm³/mol. The minimum absolute atomic E-state index is 0.307. The first-order valence-electron chi connectivity index (χ1n) is 6.28. The van der Waals surface area contributed by atoms with E-state index in [0.29, 0.717) is 22.9 Å². The van der Waals surface area contributed by atoms with Gasteiger partial charge in [-0.3, -0.25) is 0 Å². The van der Waals surface area contributed by atoms with E-state index in [1.807, 2.05) is 53.2 Å². The second kappa shape index (κ2) is 5.83. The van der Waals surface area contributed by atoms with Gasteiger partial charge in [-0.2, -0.15) is 0 Å². The number of benzene rings is 1. The van der Waals surface area contributed by atoms with Crippen molar-refractivity contribution < 1.29 is 4.74 Å². The number of rotatable bonds is 4. The number of nitrogens with two attached hydrogens (primary N) is 1. The maximum atomic E-state index is 5.80. The third kappa shape index (κ3) is 3.06. The molecule has 0 bridgehead atoms. The Kier molecular flexibility index (Phi) is 3.90. The topological polar surface area (TPSA) is 52.5 Å². The summed E-state index contributed by atoms with van der Waals surface area (Å²) in [6.07, 6.45) is 3.89. The fourth-order valence-corrected chi connectivity index (χ4v) is 2.55. The summed E-state index contributed by atoms with van der Waals surface area (Å²) in [6.45, 7) is 0.360. The lowest BCUT2D eigenvalue weighted by molar-refractivity contribution is 0.301. The zero-order valence-corrected chi connectivity index (χ0v) is 13.4. The molecule has 2 aromatic heterocycles. The number of imidazole rings is 1. The third-order valence-corrected chi connectivity index (χ3v) is 3.71. The molecule has 0 saturated heterocycles. The zero-order valence-electron chi connectivity index (χ0n) is 11.0. The highest BCUT2D eigenvalue weighted by molar-refractivity contribution is 9.10. The molecule has 3 aromatic rings. The number of ether oxygens (including phenoxy) is 1. The first-order chi connectivity index (χ1) is 10.1. The fraction of sp³-hybridized carbons (Fsp3) is 0.0667. The van der Waals surface area contributed by atoms with Crippen LogP contribution in [0.4, 0.5) is 0 Å². The highest BCUT2D eigenvalue weighted by Crippen LogP contribution is 2.24. The summed E-state index contributed by atoms with van der Waals surface area (Å²) in [7, 11) is 0. The third-order valence-electron chi connectivity index (χ3n) is 3.00. The lowest BCUT2D eigenvalue weighted by atomic mass is 10.2. The first kappa shape index (κ1) is 14.0. The number of aromatic nitrogens is 2. The Morgan fingerprint density at radius 1 is 1.33 bits per heavy atom. The van der Waals surface area contributed by atoms with Crippen LogP contribution in [0.2, 0.25) is 0 Å². The van der Waals surface area contributed by atoms with E-state index in [4.69, 9.17) is 22.7 Å². The van der Waals surface area contributed by atoms with Crippen LogP contribution in [0.25, 0.3) is 5.65 Å². The summed E-state index contributed by atoms with van der Waals surface area (Å²) in [4.78, 5) is 4.79. The van der Waals surface area contributed by atoms with Crippen molar-refractivity contribution in [3.8, 4) is 5.75 Å². The van der Waals surface area contributed by atoms with Gasteiger partial charge in [0, 0.05) is 16.9 Å². The van der Waals surface area contributed by atoms with Crippen molar-refractivity contribution in [1.82, 2.24) is 9.38 Å². The number of halogens is 1. The van der Waals surface area contributed by atoms with Gasteiger partial charge in [0.05, 0.1) is 11.3 Å². The van der Waals surface area contributed by atoms with Gasteiger partial charge in [-0.25, -0.2) is 4.98 Å². The van der Waals surface area contributed by atoms with Gasteiger partial charge in [-0.05, 0) is 30.3 Å². The monoisotopic (exact) mass is 361 g/mol. The van der Waals surface area contributed by atoms with E-state index < -0.39 is 0 Å². The Morgan fingerprint density at radius 2 is 2.19 bits per heavy atom. The second-order valence-electron chi connectivity index (χ2n) is 4.49. The van der Waals surface area contributed by atoms with Crippen LogP contribution in [-0.4, -0.2) is 14.4 Å². The van der Waals surface area contributed by atoms with Gasteiger partial charge in [0.1, 0.15) is 23.0 Å². The van der Waals surface area contributed by atoms with E-state index >= 15 is 0 Å². The van der Waals surface area contributed by atoms with Gasteiger partial charge in [-0.15, -0.1) is 0 Å². The normalized spacial score (nSPS) is 10.7. The molecule has 0 amide bonds. The van der Waals surface area contributed by atoms with Crippen LogP contribution < -0.4 is 10.5 Å². The Bertz CT molecular complexity index is 783. The SMILES string of the molecule is NC(=S)c1cc(Br)ccc1OCc1cn2ccccc2n1. The van der Waals surface area contributed by atoms with Crippen LogP contribution >= 0.6 is 28.1 Å². The standard InChI is InChI=1S/C15H12BrN3OS/c16-10-4-5-13(12(7-10)15(17)21)20-9-11-8-19-6-2-1-3-14(19)18-11/h1-8H,9H2,(H2,17,21). The molecular formula is C15H12BrN3OS. The average Bonchev–Trinajstić information content (AvgIpc) is 2.88. The molecule has 0 spiro atoms. The molecule has 0 saturated carbocycles. The van der Waals surface area contributed by atoms with Crippen LogP contribution in [0.1, 0.15) is 11.3 Å². The Balaban J connectivity index is 1.83. The van der Waals surface area contributed by atoms with Crippen molar-refractivity contribution in [1.29, 1.82) is 0 Å². The minimum Gasteiger partial charge on any atom is -0.486 e. The predicted octanol–water partition coefficient (Wildman–Crippen LogP) is 3.31. The second-order valence-corrected chi connectivity index (χ2v) is 5.85. The average molecular weight is 362 g/mol. The largest absolute Gasteiger partial charge is 0.486 e. The molecule has 3 rings (SSSR count). The zero-order chi connectivity index (χ0) is 14.8. The summed E-state index contributed by atoms with van der Waals surface area (Å²) < 4.78 is 8.67. The number of thiocarbonyl (C=S) groups is 1. The van der Waals surface area contributed by atoms with Crippen molar-refractivity contribution in [2.24, 2.45) is 5.73 Å². The molecule has 106 valence electrons. The fourth-order valence-electron chi connectivity index (χ4n) is 2.03. The maximum Gasteiger partial charge on any atom is 0.137 e. The van der Waals surface area contributed by atoms with Gasteiger partial charge >= 0.3 is 0 Å². The van der Waals surface area contributed by atoms with E-state index in [2.05, 4.69) is 20.9 Å². The molecule has 2 N–H and O–H groups in total. The van der Waals surface area contributed by atoms with E-state index in [0.717, 1.165) is 15.8 Å². The van der Waals surface area contributed by atoms with Crippen LogP contribution in [0.15, 0.2) is 53.3 Å².